The van der Waals surface area contributed by atoms with Crippen LogP contribution in [0, 0.1) is 11.3 Å². The van der Waals surface area contributed by atoms with E-state index in [0.29, 0.717) is 5.56 Å². The summed E-state index contributed by atoms with van der Waals surface area (Å²) in [5.74, 6) is -0.373. The van der Waals surface area contributed by atoms with Gasteiger partial charge in [0.2, 0.25) is 0 Å². The quantitative estimate of drug-likeness (QED) is 0.760. The highest BCUT2D eigenvalue weighted by molar-refractivity contribution is 6.01. The SMILES string of the molecule is N#CCC(C(=O)c1ccccc1)c1ccccc1. The molecule has 0 aliphatic heterocycles. The van der Waals surface area contributed by atoms with Crippen molar-refractivity contribution in [1.29, 1.82) is 5.26 Å². The van der Waals surface area contributed by atoms with Crippen molar-refractivity contribution in [3.8, 4) is 6.07 Å². The van der Waals surface area contributed by atoms with Crippen LogP contribution < -0.4 is 0 Å². The molecular weight excluding hydrogens is 222 g/mol. The van der Waals surface area contributed by atoms with Gasteiger partial charge in [-0.25, -0.2) is 0 Å². The molecule has 0 N–H and O–H groups in total. The Morgan fingerprint density at radius 2 is 1.56 bits per heavy atom. The molecule has 0 saturated heterocycles. The average molecular weight is 235 g/mol. The lowest BCUT2D eigenvalue weighted by molar-refractivity contribution is 0.0960. The number of carbonyl (C=O) groups is 1. The molecule has 0 saturated carbocycles. The topological polar surface area (TPSA) is 40.9 Å². The number of rotatable bonds is 4. The Morgan fingerprint density at radius 1 is 1.00 bits per heavy atom. The minimum absolute atomic E-state index is 0.00310. The number of benzene rings is 2. The summed E-state index contributed by atoms with van der Waals surface area (Å²) in [7, 11) is 0. The summed E-state index contributed by atoms with van der Waals surface area (Å²) in [5, 5.41) is 8.89. The van der Waals surface area contributed by atoms with Crippen molar-refractivity contribution in [2.45, 2.75) is 12.3 Å². The van der Waals surface area contributed by atoms with E-state index >= 15 is 0 Å². The van der Waals surface area contributed by atoms with E-state index in [-0.39, 0.29) is 18.1 Å². The molecule has 2 heteroatoms. The maximum Gasteiger partial charge on any atom is 0.171 e. The van der Waals surface area contributed by atoms with Crippen molar-refractivity contribution in [1.82, 2.24) is 0 Å². The number of nitrogens with zero attached hydrogens (tertiary/aromatic N) is 1. The largest absolute Gasteiger partial charge is 0.293 e. The fourth-order valence-corrected chi connectivity index (χ4v) is 1.94. The van der Waals surface area contributed by atoms with Crippen LogP contribution >= 0.6 is 0 Å². The third-order valence-electron chi connectivity index (χ3n) is 2.87. The third kappa shape index (κ3) is 2.64. The lowest BCUT2D eigenvalue weighted by Crippen LogP contribution is -2.12. The Morgan fingerprint density at radius 3 is 2.11 bits per heavy atom. The van der Waals surface area contributed by atoms with Gasteiger partial charge in [-0.05, 0) is 5.56 Å². The van der Waals surface area contributed by atoms with E-state index in [9.17, 15) is 4.79 Å². The number of ketones is 1. The van der Waals surface area contributed by atoms with Crippen LogP contribution in [-0.4, -0.2) is 5.78 Å². The molecule has 0 spiro atoms. The van der Waals surface area contributed by atoms with Gasteiger partial charge >= 0.3 is 0 Å². The molecule has 0 aliphatic rings. The number of nitriles is 1. The van der Waals surface area contributed by atoms with Gasteiger partial charge < -0.3 is 0 Å². The van der Waals surface area contributed by atoms with Crippen molar-refractivity contribution in [3.05, 3.63) is 71.8 Å². The Bertz CT molecular complexity index is 555. The van der Waals surface area contributed by atoms with E-state index < -0.39 is 0 Å². The lowest BCUT2D eigenvalue weighted by Gasteiger charge is -2.12. The van der Waals surface area contributed by atoms with Crippen LogP contribution in [0.4, 0.5) is 0 Å². The minimum atomic E-state index is -0.376. The predicted octanol–water partition coefficient (Wildman–Crippen LogP) is 3.57. The molecule has 0 amide bonds. The first kappa shape index (κ1) is 12.1. The number of Topliss-reactive ketones (excluding diaryl/α,β-unsaturated/α-hetero) is 1. The zero-order valence-corrected chi connectivity index (χ0v) is 9.91. The van der Waals surface area contributed by atoms with Crippen molar-refractivity contribution >= 4 is 5.78 Å². The second kappa shape index (κ2) is 5.79. The Balaban J connectivity index is 2.32. The van der Waals surface area contributed by atoms with Crippen LogP contribution in [0.1, 0.15) is 28.3 Å². The maximum atomic E-state index is 12.4. The monoisotopic (exact) mass is 235 g/mol. The van der Waals surface area contributed by atoms with Crippen LogP contribution in [0.3, 0.4) is 0 Å². The van der Waals surface area contributed by atoms with Gasteiger partial charge in [0.05, 0.1) is 12.0 Å². The van der Waals surface area contributed by atoms with Crippen molar-refractivity contribution in [2.75, 3.05) is 0 Å². The Hall–Kier alpha value is -2.40. The van der Waals surface area contributed by atoms with Gasteiger partial charge in [0.15, 0.2) is 5.78 Å². The summed E-state index contributed by atoms with van der Waals surface area (Å²) >= 11 is 0. The highest BCUT2D eigenvalue weighted by Gasteiger charge is 2.21. The molecule has 2 nitrogen and oxygen atoms in total. The molecule has 2 aromatic rings. The van der Waals surface area contributed by atoms with Gasteiger partial charge in [0.1, 0.15) is 0 Å². The zero-order valence-electron chi connectivity index (χ0n) is 9.91. The van der Waals surface area contributed by atoms with Gasteiger partial charge in [-0.3, -0.25) is 4.79 Å². The van der Waals surface area contributed by atoms with Gasteiger partial charge in [-0.2, -0.15) is 5.26 Å². The van der Waals surface area contributed by atoms with E-state index in [1.807, 2.05) is 48.5 Å². The van der Waals surface area contributed by atoms with Crippen LogP contribution in [0.25, 0.3) is 0 Å². The third-order valence-corrected chi connectivity index (χ3v) is 2.87. The molecule has 1 atom stereocenters. The Kier molecular flexibility index (Phi) is 3.88. The Labute approximate surface area is 107 Å². The van der Waals surface area contributed by atoms with Gasteiger partial charge in [-0.15, -0.1) is 0 Å². The molecule has 0 radical (unpaired) electrons. The fraction of sp³-hybridized carbons (Fsp3) is 0.125. The van der Waals surface area contributed by atoms with E-state index in [1.165, 1.54) is 0 Å². The van der Waals surface area contributed by atoms with Crippen LogP contribution in [0.15, 0.2) is 60.7 Å². The van der Waals surface area contributed by atoms with Gasteiger partial charge in [-0.1, -0.05) is 60.7 Å². The highest BCUT2D eigenvalue weighted by Crippen LogP contribution is 2.23. The van der Waals surface area contributed by atoms with Gasteiger partial charge in [0, 0.05) is 12.0 Å². The molecule has 88 valence electrons. The van der Waals surface area contributed by atoms with Crippen molar-refractivity contribution < 1.29 is 4.79 Å². The van der Waals surface area contributed by atoms with E-state index in [4.69, 9.17) is 5.26 Å². The summed E-state index contributed by atoms with van der Waals surface area (Å²) < 4.78 is 0. The molecule has 0 aliphatic carbocycles. The molecule has 0 bridgehead atoms. The molecule has 0 fully saturated rings. The summed E-state index contributed by atoms with van der Waals surface area (Å²) in [5.41, 5.74) is 1.55. The first-order valence-electron chi connectivity index (χ1n) is 5.84. The van der Waals surface area contributed by atoms with Crippen molar-refractivity contribution in [3.63, 3.8) is 0 Å². The predicted molar refractivity (Wildman–Crippen MR) is 70.2 cm³/mol. The number of hydrogen-bond donors (Lipinski definition) is 0. The molecule has 18 heavy (non-hydrogen) atoms. The van der Waals surface area contributed by atoms with Crippen LogP contribution in [-0.2, 0) is 0 Å². The summed E-state index contributed by atoms with van der Waals surface area (Å²) in [6.07, 6.45) is 0.206. The second-order valence-corrected chi connectivity index (χ2v) is 4.06. The highest BCUT2D eigenvalue weighted by atomic mass is 16.1. The van der Waals surface area contributed by atoms with Crippen LogP contribution in [0.5, 0.6) is 0 Å². The number of hydrogen-bond acceptors (Lipinski definition) is 2. The molecule has 2 aromatic carbocycles. The second-order valence-electron chi connectivity index (χ2n) is 4.06. The van der Waals surface area contributed by atoms with Crippen LogP contribution in [0.2, 0.25) is 0 Å². The molecule has 2 rings (SSSR count). The zero-order chi connectivity index (χ0) is 12.8. The van der Waals surface area contributed by atoms with E-state index in [2.05, 4.69) is 6.07 Å². The summed E-state index contributed by atoms with van der Waals surface area (Å²) in [4.78, 5) is 12.4. The molecular formula is C16H13NO. The van der Waals surface area contributed by atoms with E-state index in [0.717, 1.165) is 5.56 Å². The first-order chi connectivity index (χ1) is 8.83. The first-order valence-corrected chi connectivity index (χ1v) is 5.84. The molecule has 1 unspecified atom stereocenters. The smallest absolute Gasteiger partial charge is 0.171 e. The molecule has 0 heterocycles. The lowest BCUT2D eigenvalue weighted by atomic mass is 9.88. The summed E-state index contributed by atoms with van der Waals surface area (Å²) in [6.45, 7) is 0. The number of carbonyl (C=O) groups excluding carboxylic acids is 1. The molecule has 0 aromatic heterocycles. The maximum absolute atomic E-state index is 12.4. The minimum Gasteiger partial charge on any atom is -0.293 e. The van der Waals surface area contributed by atoms with Crippen molar-refractivity contribution in [2.24, 2.45) is 0 Å². The average Bonchev–Trinajstić information content (AvgIpc) is 2.46. The van der Waals surface area contributed by atoms with E-state index in [1.54, 1.807) is 12.1 Å². The fourth-order valence-electron chi connectivity index (χ4n) is 1.94. The standard InChI is InChI=1S/C16H13NO/c17-12-11-15(13-7-3-1-4-8-13)16(18)14-9-5-2-6-10-14/h1-10,15H,11H2. The summed E-state index contributed by atoms with van der Waals surface area (Å²) in [6, 6.07) is 20.7. The normalized spacial score (nSPS) is 11.5. The van der Waals surface area contributed by atoms with Gasteiger partial charge in [0.25, 0.3) is 0 Å².